The van der Waals surface area contributed by atoms with E-state index in [4.69, 9.17) is 5.73 Å². The molecule has 1 aliphatic rings. The lowest BCUT2D eigenvalue weighted by Gasteiger charge is -2.09. The molecule has 94 valence electrons. The summed E-state index contributed by atoms with van der Waals surface area (Å²) in [5.74, 6) is -1.11. The summed E-state index contributed by atoms with van der Waals surface area (Å²) in [6, 6.07) is 6.14. The Morgan fingerprint density at radius 3 is 2.56 bits per heavy atom. The van der Waals surface area contributed by atoms with Crippen molar-refractivity contribution in [3.63, 3.8) is 0 Å². The van der Waals surface area contributed by atoms with E-state index in [-0.39, 0.29) is 24.7 Å². The van der Waals surface area contributed by atoms with E-state index in [0.717, 1.165) is 5.56 Å². The Kier molecular flexibility index (Phi) is 3.27. The van der Waals surface area contributed by atoms with Gasteiger partial charge in [-0.1, -0.05) is 12.1 Å². The van der Waals surface area contributed by atoms with Gasteiger partial charge < -0.3 is 11.1 Å². The van der Waals surface area contributed by atoms with E-state index in [2.05, 4.69) is 10.6 Å². The van der Waals surface area contributed by atoms with Crippen LogP contribution in [0.25, 0.3) is 0 Å². The Morgan fingerprint density at radius 2 is 2.00 bits per heavy atom. The summed E-state index contributed by atoms with van der Waals surface area (Å²) in [5.41, 5.74) is 6.95. The van der Waals surface area contributed by atoms with Gasteiger partial charge >= 0.3 is 0 Å². The van der Waals surface area contributed by atoms with Gasteiger partial charge in [0.1, 0.15) is 6.04 Å². The molecule has 1 unspecified atom stereocenters. The lowest BCUT2D eigenvalue weighted by atomic mass is 10.1. The number of imide groups is 1. The van der Waals surface area contributed by atoms with Crippen LogP contribution in [0.1, 0.15) is 12.0 Å². The summed E-state index contributed by atoms with van der Waals surface area (Å²) in [5, 5.41) is 4.65. The third-order valence-corrected chi connectivity index (χ3v) is 2.65. The van der Waals surface area contributed by atoms with Gasteiger partial charge in [0.2, 0.25) is 17.7 Å². The number of anilines is 1. The number of nitrogen functional groups attached to an aromatic ring is 1. The molecule has 18 heavy (non-hydrogen) atoms. The van der Waals surface area contributed by atoms with Crippen LogP contribution in [-0.4, -0.2) is 23.8 Å². The molecule has 0 aromatic heterocycles. The fraction of sp³-hybridized carbons (Fsp3) is 0.250. The maximum Gasteiger partial charge on any atom is 0.249 e. The monoisotopic (exact) mass is 247 g/mol. The molecule has 1 aromatic rings. The van der Waals surface area contributed by atoms with Crippen molar-refractivity contribution in [2.75, 3.05) is 5.73 Å². The van der Waals surface area contributed by atoms with Crippen molar-refractivity contribution in [1.82, 2.24) is 10.6 Å². The van der Waals surface area contributed by atoms with Crippen molar-refractivity contribution in [2.24, 2.45) is 0 Å². The van der Waals surface area contributed by atoms with Gasteiger partial charge in [0.15, 0.2) is 0 Å². The Morgan fingerprint density at radius 1 is 1.33 bits per heavy atom. The first kappa shape index (κ1) is 12.1. The Bertz CT molecular complexity index is 496. The average molecular weight is 247 g/mol. The first-order chi connectivity index (χ1) is 8.54. The summed E-state index contributed by atoms with van der Waals surface area (Å²) in [4.78, 5) is 33.9. The molecule has 1 atom stereocenters. The van der Waals surface area contributed by atoms with Gasteiger partial charge in [-0.15, -0.1) is 0 Å². The van der Waals surface area contributed by atoms with Crippen molar-refractivity contribution < 1.29 is 14.4 Å². The molecule has 1 fully saturated rings. The fourth-order valence-electron chi connectivity index (χ4n) is 1.74. The smallest absolute Gasteiger partial charge is 0.249 e. The maximum atomic E-state index is 11.7. The molecule has 6 nitrogen and oxygen atoms in total. The minimum absolute atomic E-state index is 0.00626. The summed E-state index contributed by atoms with van der Waals surface area (Å²) in [6.07, 6.45) is 0.157. The molecule has 4 N–H and O–H groups in total. The SMILES string of the molecule is Nc1ccc(CC(=O)NC2CC(=O)NC2=O)cc1. The topological polar surface area (TPSA) is 101 Å². The normalized spacial score (nSPS) is 18.6. The van der Waals surface area contributed by atoms with Gasteiger partial charge in [0.25, 0.3) is 0 Å². The van der Waals surface area contributed by atoms with Crippen LogP contribution in [0.5, 0.6) is 0 Å². The third kappa shape index (κ3) is 2.85. The van der Waals surface area contributed by atoms with Crippen LogP contribution in [0.4, 0.5) is 5.69 Å². The molecule has 0 spiro atoms. The molecule has 1 aromatic carbocycles. The van der Waals surface area contributed by atoms with Gasteiger partial charge in [0.05, 0.1) is 12.8 Å². The number of hydrogen-bond donors (Lipinski definition) is 3. The molecule has 3 amide bonds. The van der Waals surface area contributed by atoms with E-state index in [1.807, 2.05) is 0 Å². The van der Waals surface area contributed by atoms with Gasteiger partial charge in [-0.3, -0.25) is 19.7 Å². The molecular formula is C12H13N3O3. The first-order valence-corrected chi connectivity index (χ1v) is 5.52. The highest BCUT2D eigenvalue weighted by molar-refractivity contribution is 6.06. The summed E-state index contributed by atoms with van der Waals surface area (Å²) in [7, 11) is 0. The number of carbonyl (C=O) groups is 3. The molecule has 2 rings (SSSR count). The Hall–Kier alpha value is -2.37. The predicted octanol–water partition coefficient (Wildman–Crippen LogP) is -0.657. The number of nitrogens with two attached hydrogens (primary N) is 1. The van der Waals surface area contributed by atoms with Gasteiger partial charge in [-0.25, -0.2) is 0 Å². The lowest BCUT2D eigenvalue weighted by Crippen LogP contribution is -2.40. The van der Waals surface area contributed by atoms with Crippen LogP contribution in [-0.2, 0) is 20.8 Å². The molecule has 0 bridgehead atoms. The van der Waals surface area contributed by atoms with Crippen molar-refractivity contribution in [2.45, 2.75) is 18.9 Å². The molecule has 0 radical (unpaired) electrons. The zero-order valence-corrected chi connectivity index (χ0v) is 9.60. The highest BCUT2D eigenvalue weighted by atomic mass is 16.2. The minimum Gasteiger partial charge on any atom is -0.399 e. The number of nitrogens with one attached hydrogen (secondary N) is 2. The zero-order valence-electron chi connectivity index (χ0n) is 9.60. The van der Waals surface area contributed by atoms with Crippen molar-refractivity contribution in [3.05, 3.63) is 29.8 Å². The first-order valence-electron chi connectivity index (χ1n) is 5.52. The van der Waals surface area contributed by atoms with Crippen molar-refractivity contribution in [3.8, 4) is 0 Å². The van der Waals surface area contributed by atoms with Crippen LogP contribution in [0.3, 0.4) is 0 Å². The molecule has 0 saturated carbocycles. The molecule has 1 aliphatic heterocycles. The van der Waals surface area contributed by atoms with Gasteiger partial charge in [0, 0.05) is 5.69 Å². The second-order valence-corrected chi connectivity index (χ2v) is 4.16. The summed E-state index contributed by atoms with van der Waals surface area (Å²) in [6.45, 7) is 0. The molecular weight excluding hydrogens is 234 g/mol. The number of carbonyl (C=O) groups excluding carboxylic acids is 3. The van der Waals surface area contributed by atoms with E-state index in [1.54, 1.807) is 24.3 Å². The fourth-order valence-corrected chi connectivity index (χ4v) is 1.74. The van der Waals surface area contributed by atoms with Crippen molar-refractivity contribution >= 4 is 23.4 Å². The van der Waals surface area contributed by atoms with Gasteiger partial charge in [-0.2, -0.15) is 0 Å². The quantitative estimate of drug-likeness (QED) is 0.487. The zero-order chi connectivity index (χ0) is 13.1. The van der Waals surface area contributed by atoms with E-state index in [9.17, 15) is 14.4 Å². The minimum atomic E-state index is -0.751. The highest BCUT2D eigenvalue weighted by Gasteiger charge is 2.31. The summed E-state index contributed by atoms with van der Waals surface area (Å²) < 4.78 is 0. The third-order valence-electron chi connectivity index (χ3n) is 2.65. The van der Waals surface area contributed by atoms with Crippen LogP contribution in [0.2, 0.25) is 0 Å². The highest BCUT2D eigenvalue weighted by Crippen LogP contribution is 2.07. The van der Waals surface area contributed by atoms with E-state index in [0.29, 0.717) is 5.69 Å². The molecule has 1 saturated heterocycles. The van der Waals surface area contributed by atoms with Crippen molar-refractivity contribution in [1.29, 1.82) is 0 Å². The van der Waals surface area contributed by atoms with E-state index in [1.165, 1.54) is 0 Å². The summed E-state index contributed by atoms with van der Waals surface area (Å²) >= 11 is 0. The Balaban J connectivity index is 1.91. The second kappa shape index (κ2) is 4.87. The molecule has 1 heterocycles. The number of amides is 3. The average Bonchev–Trinajstić information content (AvgIpc) is 2.61. The van der Waals surface area contributed by atoms with Crippen LogP contribution < -0.4 is 16.4 Å². The van der Waals surface area contributed by atoms with Crippen LogP contribution >= 0.6 is 0 Å². The molecule has 0 aliphatic carbocycles. The maximum absolute atomic E-state index is 11.7. The van der Waals surface area contributed by atoms with E-state index < -0.39 is 11.9 Å². The number of hydrogen-bond acceptors (Lipinski definition) is 4. The standard InChI is InChI=1S/C12H13N3O3/c13-8-3-1-7(2-4-8)5-10(16)14-9-6-11(17)15-12(9)18/h1-4,9H,5-6,13H2,(H,14,16)(H,15,17,18). The predicted molar refractivity (Wildman–Crippen MR) is 64.3 cm³/mol. The van der Waals surface area contributed by atoms with Gasteiger partial charge in [-0.05, 0) is 17.7 Å². The number of rotatable bonds is 3. The van der Waals surface area contributed by atoms with Crippen LogP contribution in [0, 0.1) is 0 Å². The largest absolute Gasteiger partial charge is 0.399 e. The Labute approximate surface area is 104 Å². The van der Waals surface area contributed by atoms with E-state index >= 15 is 0 Å². The second-order valence-electron chi connectivity index (χ2n) is 4.16. The lowest BCUT2D eigenvalue weighted by molar-refractivity contribution is -0.128. The number of benzene rings is 1. The molecule has 6 heteroatoms. The van der Waals surface area contributed by atoms with Crippen LogP contribution in [0.15, 0.2) is 24.3 Å².